The van der Waals surface area contributed by atoms with Crippen LogP contribution in [-0.2, 0) is 14.8 Å². The third-order valence-corrected chi connectivity index (χ3v) is 4.77. The van der Waals surface area contributed by atoms with Crippen LogP contribution >= 0.6 is 11.3 Å². The number of sulfonamides is 1. The molecule has 1 aromatic rings. The van der Waals surface area contributed by atoms with E-state index in [1.54, 1.807) is 13.8 Å². The summed E-state index contributed by atoms with van der Waals surface area (Å²) in [4.78, 5) is 10.7. The van der Waals surface area contributed by atoms with Gasteiger partial charge < -0.3 is 9.84 Å². The molecule has 0 unspecified atom stereocenters. The molecule has 8 heteroatoms. The average molecular weight is 307 g/mol. The maximum absolute atomic E-state index is 12.0. The van der Waals surface area contributed by atoms with Gasteiger partial charge in [-0.3, -0.25) is 0 Å². The Bertz CT molecular complexity index is 547. The second-order valence-electron chi connectivity index (χ2n) is 4.47. The molecule has 0 amide bonds. The summed E-state index contributed by atoms with van der Waals surface area (Å²) in [6.45, 7) is 5.97. The van der Waals surface area contributed by atoms with Gasteiger partial charge in [-0.1, -0.05) is 0 Å². The van der Waals surface area contributed by atoms with E-state index in [2.05, 4.69) is 4.72 Å². The van der Waals surface area contributed by atoms with Crippen LogP contribution in [0.5, 0.6) is 0 Å². The SMILES string of the molecule is CCOC(C)(C)CNS(=O)(=O)c1csc(C(=O)O)c1. The van der Waals surface area contributed by atoms with Gasteiger partial charge in [-0.05, 0) is 26.8 Å². The van der Waals surface area contributed by atoms with Gasteiger partial charge in [0.1, 0.15) is 4.88 Å². The van der Waals surface area contributed by atoms with Crippen molar-refractivity contribution in [2.75, 3.05) is 13.2 Å². The number of hydrogen-bond acceptors (Lipinski definition) is 5. The van der Waals surface area contributed by atoms with Crippen molar-refractivity contribution < 1.29 is 23.1 Å². The molecule has 0 saturated heterocycles. The first-order chi connectivity index (χ1) is 8.68. The zero-order chi connectivity index (χ0) is 14.7. The van der Waals surface area contributed by atoms with Crippen molar-refractivity contribution in [3.63, 3.8) is 0 Å². The molecule has 0 saturated carbocycles. The highest BCUT2D eigenvalue weighted by Crippen LogP contribution is 2.19. The van der Waals surface area contributed by atoms with Crippen molar-refractivity contribution in [3.05, 3.63) is 16.3 Å². The molecule has 6 nitrogen and oxygen atoms in total. The maximum Gasteiger partial charge on any atom is 0.345 e. The second-order valence-corrected chi connectivity index (χ2v) is 7.15. The minimum atomic E-state index is -3.71. The quantitative estimate of drug-likeness (QED) is 0.797. The molecule has 0 aliphatic carbocycles. The number of carbonyl (C=O) groups is 1. The fourth-order valence-electron chi connectivity index (χ4n) is 1.37. The molecule has 0 fully saturated rings. The van der Waals surface area contributed by atoms with Crippen LogP contribution in [0, 0.1) is 0 Å². The first-order valence-corrected chi connectivity index (χ1v) is 7.99. The third-order valence-electron chi connectivity index (χ3n) is 2.32. The largest absolute Gasteiger partial charge is 0.477 e. The Morgan fingerprint density at radius 2 is 2.16 bits per heavy atom. The number of nitrogens with one attached hydrogen (secondary N) is 1. The lowest BCUT2D eigenvalue weighted by Gasteiger charge is -2.24. The molecule has 108 valence electrons. The first-order valence-electron chi connectivity index (χ1n) is 5.63. The van der Waals surface area contributed by atoms with Gasteiger partial charge in [0.2, 0.25) is 10.0 Å². The van der Waals surface area contributed by atoms with Gasteiger partial charge in [0.25, 0.3) is 0 Å². The number of hydrogen-bond donors (Lipinski definition) is 2. The zero-order valence-corrected chi connectivity index (χ0v) is 12.6. The lowest BCUT2D eigenvalue weighted by atomic mass is 10.1. The Morgan fingerprint density at radius 1 is 1.53 bits per heavy atom. The Kier molecular flexibility index (Phi) is 5.08. The van der Waals surface area contributed by atoms with Gasteiger partial charge in [0, 0.05) is 18.5 Å². The summed E-state index contributed by atoms with van der Waals surface area (Å²) < 4.78 is 31.7. The molecule has 0 atom stereocenters. The van der Waals surface area contributed by atoms with E-state index in [9.17, 15) is 13.2 Å². The predicted molar refractivity (Wildman–Crippen MR) is 72.2 cm³/mol. The Balaban J connectivity index is 2.78. The first kappa shape index (κ1) is 16.1. The summed E-state index contributed by atoms with van der Waals surface area (Å²) in [5, 5.41) is 10.1. The average Bonchev–Trinajstić information content (AvgIpc) is 2.77. The van der Waals surface area contributed by atoms with Crippen LogP contribution in [-0.4, -0.2) is 38.2 Å². The highest BCUT2D eigenvalue weighted by Gasteiger charge is 2.23. The van der Waals surface area contributed by atoms with Crippen LogP contribution in [0.25, 0.3) is 0 Å². The predicted octanol–water partition coefficient (Wildman–Crippen LogP) is 1.54. The molecule has 1 aromatic heterocycles. The topological polar surface area (TPSA) is 92.7 Å². The summed E-state index contributed by atoms with van der Waals surface area (Å²) in [5.74, 6) is -1.14. The summed E-state index contributed by atoms with van der Waals surface area (Å²) in [5.41, 5.74) is -0.618. The summed E-state index contributed by atoms with van der Waals surface area (Å²) in [6, 6.07) is 1.14. The van der Waals surface area contributed by atoms with Crippen LogP contribution in [0.15, 0.2) is 16.3 Å². The summed E-state index contributed by atoms with van der Waals surface area (Å²) >= 11 is 0.878. The Morgan fingerprint density at radius 3 is 2.63 bits per heavy atom. The Labute approximate surface area is 116 Å². The molecule has 0 bridgehead atoms. The van der Waals surface area contributed by atoms with Crippen molar-refractivity contribution in [3.8, 4) is 0 Å². The number of carboxylic acids is 1. The molecule has 0 radical (unpaired) electrons. The van der Waals surface area contributed by atoms with Crippen LogP contribution in [0.1, 0.15) is 30.4 Å². The number of ether oxygens (including phenoxy) is 1. The lowest BCUT2D eigenvalue weighted by Crippen LogP contribution is -2.40. The van der Waals surface area contributed by atoms with Crippen LogP contribution < -0.4 is 4.72 Å². The van der Waals surface area contributed by atoms with E-state index in [0.29, 0.717) is 6.61 Å². The molecule has 1 heterocycles. The van der Waals surface area contributed by atoms with E-state index in [1.165, 1.54) is 5.38 Å². The molecule has 2 N–H and O–H groups in total. The fraction of sp³-hybridized carbons (Fsp3) is 0.545. The number of rotatable bonds is 7. The molecule has 1 rings (SSSR count). The monoisotopic (exact) mass is 307 g/mol. The smallest absolute Gasteiger partial charge is 0.345 e. The highest BCUT2D eigenvalue weighted by atomic mass is 32.2. The molecule has 19 heavy (non-hydrogen) atoms. The second kappa shape index (κ2) is 6.00. The highest BCUT2D eigenvalue weighted by molar-refractivity contribution is 7.89. The van der Waals surface area contributed by atoms with Gasteiger partial charge in [-0.2, -0.15) is 0 Å². The van der Waals surface area contributed by atoms with E-state index in [1.807, 2.05) is 6.92 Å². The van der Waals surface area contributed by atoms with Crippen molar-refractivity contribution in [1.82, 2.24) is 4.72 Å². The van der Waals surface area contributed by atoms with E-state index in [-0.39, 0.29) is 16.3 Å². The summed E-state index contributed by atoms with van der Waals surface area (Å²) in [7, 11) is -3.71. The maximum atomic E-state index is 12.0. The zero-order valence-electron chi connectivity index (χ0n) is 11.0. The molecular weight excluding hydrogens is 290 g/mol. The van der Waals surface area contributed by atoms with Crippen LogP contribution in [0.4, 0.5) is 0 Å². The number of aromatic carboxylic acids is 1. The van der Waals surface area contributed by atoms with Gasteiger partial charge in [-0.25, -0.2) is 17.9 Å². The minimum absolute atomic E-state index is 0.00977. The fourth-order valence-corrected chi connectivity index (χ4v) is 3.68. The number of thiophene rings is 1. The van der Waals surface area contributed by atoms with E-state index < -0.39 is 21.6 Å². The molecule has 0 spiro atoms. The van der Waals surface area contributed by atoms with Gasteiger partial charge in [0.15, 0.2) is 0 Å². The van der Waals surface area contributed by atoms with Crippen molar-refractivity contribution in [2.45, 2.75) is 31.3 Å². The van der Waals surface area contributed by atoms with E-state index in [0.717, 1.165) is 17.4 Å². The molecule has 0 aromatic carbocycles. The van der Waals surface area contributed by atoms with Gasteiger partial charge in [0.05, 0.1) is 10.5 Å². The van der Waals surface area contributed by atoms with Crippen molar-refractivity contribution in [2.24, 2.45) is 0 Å². The van der Waals surface area contributed by atoms with E-state index >= 15 is 0 Å². The molecule has 0 aliphatic heterocycles. The van der Waals surface area contributed by atoms with Gasteiger partial charge in [-0.15, -0.1) is 11.3 Å². The van der Waals surface area contributed by atoms with Crippen molar-refractivity contribution in [1.29, 1.82) is 0 Å². The third kappa shape index (κ3) is 4.57. The Hall–Kier alpha value is -0.960. The van der Waals surface area contributed by atoms with E-state index in [4.69, 9.17) is 9.84 Å². The van der Waals surface area contributed by atoms with Crippen molar-refractivity contribution >= 4 is 27.3 Å². The molecular formula is C11H17NO5S2. The van der Waals surface area contributed by atoms with Crippen LogP contribution in [0.3, 0.4) is 0 Å². The summed E-state index contributed by atoms with van der Waals surface area (Å²) in [6.07, 6.45) is 0. The standard InChI is InChI=1S/C11H17NO5S2/c1-4-17-11(2,3)7-12-19(15,16)8-5-9(10(13)14)18-6-8/h5-6,12H,4,7H2,1-3H3,(H,13,14). The lowest BCUT2D eigenvalue weighted by molar-refractivity contribution is -0.00515. The normalized spacial score (nSPS) is 12.6. The minimum Gasteiger partial charge on any atom is -0.477 e. The number of carboxylic acid groups (broad SMARTS) is 1. The van der Waals surface area contributed by atoms with Crippen LogP contribution in [0.2, 0.25) is 0 Å². The van der Waals surface area contributed by atoms with Gasteiger partial charge >= 0.3 is 5.97 Å². The molecule has 0 aliphatic rings.